The zero-order valence-corrected chi connectivity index (χ0v) is 32.4. The molecule has 6 heteroatoms. The Morgan fingerprint density at radius 1 is 0.356 bits per heavy atom. The molecule has 0 aliphatic heterocycles. The van der Waals surface area contributed by atoms with Crippen LogP contribution < -0.4 is 0 Å². The summed E-state index contributed by atoms with van der Waals surface area (Å²) < 4.78 is 14.8. The predicted molar refractivity (Wildman–Crippen MR) is 242 cm³/mol. The Hall–Kier alpha value is -7.83. The number of hydrogen-bond donors (Lipinski definition) is 0. The van der Waals surface area contributed by atoms with Crippen LogP contribution in [0.1, 0.15) is 13.8 Å². The van der Waals surface area contributed by atoms with E-state index in [1.54, 1.807) is 0 Å². The van der Waals surface area contributed by atoms with E-state index in [2.05, 4.69) is 120 Å². The van der Waals surface area contributed by atoms with Crippen molar-refractivity contribution in [1.82, 2.24) is 19.5 Å². The first-order chi connectivity index (χ1) is 29.2. The van der Waals surface area contributed by atoms with Crippen LogP contribution in [-0.2, 0) is 0 Å². The Bertz CT molecular complexity index is 3540. The first-order valence-electron chi connectivity index (χ1n) is 20.0. The highest BCUT2D eigenvalue weighted by molar-refractivity contribution is 6.14. The second kappa shape index (κ2) is 14.0. The molecule has 0 fully saturated rings. The number of benzene rings is 8. The molecule has 0 amide bonds. The van der Waals surface area contributed by atoms with E-state index in [0.717, 1.165) is 99.1 Å². The maximum absolute atomic E-state index is 6.31. The van der Waals surface area contributed by atoms with Gasteiger partial charge >= 0.3 is 0 Å². The lowest BCUT2D eigenvalue weighted by Gasteiger charge is -2.13. The second-order valence-corrected chi connectivity index (χ2v) is 14.4. The third-order valence-electron chi connectivity index (χ3n) is 11.1. The summed E-state index contributed by atoms with van der Waals surface area (Å²) in [6, 6.07) is 62.8. The SMILES string of the molecule is CC.c1ccc(-c2nc(-c3ccc4c(c3)oc3ccccc34)nc(-n3c4ccccc4c4cccc(-c5cccc(-c6ccc7c(c6)oc6ccccc67)c5)c43)n2)cc1. The number of rotatable bonds is 5. The smallest absolute Gasteiger partial charge is 0.238 e. The van der Waals surface area contributed by atoms with Crippen LogP contribution in [0.5, 0.6) is 0 Å². The predicted octanol–water partition coefficient (Wildman–Crippen LogP) is 14.5. The summed E-state index contributed by atoms with van der Waals surface area (Å²) in [4.78, 5) is 15.6. The molecule has 0 saturated carbocycles. The molecule has 0 radical (unpaired) electrons. The summed E-state index contributed by atoms with van der Waals surface area (Å²) >= 11 is 0. The molecule has 4 heterocycles. The van der Waals surface area contributed by atoms with Crippen molar-refractivity contribution in [2.45, 2.75) is 13.8 Å². The highest BCUT2D eigenvalue weighted by Crippen LogP contribution is 2.40. The Kier molecular flexibility index (Phi) is 8.15. The summed E-state index contributed by atoms with van der Waals surface area (Å²) in [5, 5.41) is 6.61. The number of fused-ring (bicyclic) bond motifs is 9. The maximum atomic E-state index is 6.31. The van der Waals surface area contributed by atoms with Gasteiger partial charge in [0.1, 0.15) is 22.3 Å². The van der Waals surface area contributed by atoms with Gasteiger partial charge in [-0.25, -0.2) is 4.98 Å². The fourth-order valence-corrected chi connectivity index (χ4v) is 8.41. The number of furan rings is 2. The quantitative estimate of drug-likeness (QED) is 0.175. The molecular weight excluding hydrogens is 725 g/mol. The third-order valence-corrected chi connectivity index (χ3v) is 11.1. The minimum absolute atomic E-state index is 0.536. The molecule has 0 saturated heterocycles. The molecule has 12 aromatic rings. The molecule has 8 aromatic carbocycles. The Labute approximate surface area is 339 Å². The van der Waals surface area contributed by atoms with Gasteiger partial charge in [0.25, 0.3) is 0 Å². The van der Waals surface area contributed by atoms with Crippen molar-refractivity contribution in [2.24, 2.45) is 0 Å². The minimum Gasteiger partial charge on any atom is -0.456 e. The Morgan fingerprint density at radius 3 is 1.59 bits per heavy atom. The van der Waals surface area contributed by atoms with Gasteiger partial charge in [-0.05, 0) is 65.2 Å². The molecule has 0 unspecified atom stereocenters. The van der Waals surface area contributed by atoms with Gasteiger partial charge in [0.05, 0.1) is 11.0 Å². The molecule has 59 heavy (non-hydrogen) atoms. The number of aromatic nitrogens is 4. The van der Waals surface area contributed by atoms with Crippen molar-refractivity contribution in [3.8, 4) is 51.0 Å². The van der Waals surface area contributed by atoms with Crippen LogP contribution in [0.4, 0.5) is 0 Å². The van der Waals surface area contributed by atoms with E-state index in [9.17, 15) is 0 Å². The molecule has 0 bridgehead atoms. The van der Waals surface area contributed by atoms with Gasteiger partial charge in [-0.1, -0.05) is 147 Å². The topological polar surface area (TPSA) is 69.9 Å². The van der Waals surface area contributed by atoms with Crippen molar-refractivity contribution in [1.29, 1.82) is 0 Å². The van der Waals surface area contributed by atoms with Gasteiger partial charge in [0.15, 0.2) is 11.6 Å². The molecule has 0 atom stereocenters. The average molecular weight is 761 g/mol. The van der Waals surface area contributed by atoms with E-state index in [1.807, 2.05) is 80.6 Å². The monoisotopic (exact) mass is 760 g/mol. The highest BCUT2D eigenvalue weighted by atomic mass is 16.3. The van der Waals surface area contributed by atoms with Crippen LogP contribution >= 0.6 is 0 Å². The van der Waals surface area contributed by atoms with Gasteiger partial charge in [-0.2, -0.15) is 9.97 Å². The molecule has 4 aromatic heterocycles. The van der Waals surface area contributed by atoms with E-state index in [1.165, 1.54) is 0 Å². The highest BCUT2D eigenvalue weighted by Gasteiger charge is 2.21. The van der Waals surface area contributed by atoms with Crippen molar-refractivity contribution in [2.75, 3.05) is 0 Å². The van der Waals surface area contributed by atoms with Crippen molar-refractivity contribution < 1.29 is 8.83 Å². The fourth-order valence-electron chi connectivity index (χ4n) is 8.41. The fraction of sp³-hybridized carbons (Fsp3) is 0.0377. The normalized spacial score (nSPS) is 11.6. The Balaban J connectivity index is 0.00000196. The number of hydrogen-bond acceptors (Lipinski definition) is 5. The molecule has 0 spiro atoms. The van der Waals surface area contributed by atoms with Gasteiger partial charge in [0, 0.05) is 49.0 Å². The summed E-state index contributed by atoms with van der Waals surface area (Å²) in [6.45, 7) is 4.00. The molecule has 0 N–H and O–H groups in total. The second-order valence-electron chi connectivity index (χ2n) is 14.4. The third kappa shape index (κ3) is 5.68. The van der Waals surface area contributed by atoms with Crippen LogP contribution in [0.3, 0.4) is 0 Å². The van der Waals surface area contributed by atoms with Crippen LogP contribution in [0.15, 0.2) is 191 Å². The van der Waals surface area contributed by atoms with Crippen LogP contribution in [-0.4, -0.2) is 19.5 Å². The lowest BCUT2D eigenvalue weighted by Crippen LogP contribution is -2.07. The van der Waals surface area contributed by atoms with Gasteiger partial charge in [0.2, 0.25) is 5.95 Å². The van der Waals surface area contributed by atoms with Crippen LogP contribution in [0.2, 0.25) is 0 Å². The van der Waals surface area contributed by atoms with Gasteiger partial charge in [-0.3, -0.25) is 4.57 Å². The van der Waals surface area contributed by atoms with Crippen LogP contribution in [0.25, 0.3) is 117 Å². The van der Waals surface area contributed by atoms with Crippen molar-refractivity contribution in [3.63, 3.8) is 0 Å². The molecular formula is C53H36N4O2. The van der Waals surface area contributed by atoms with E-state index in [0.29, 0.717) is 17.6 Å². The van der Waals surface area contributed by atoms with E-state index < -0.39 is 0 Å². The van der Waals surface area contributed by atoms with Crippen molar-refractivity contribution in [3.05, 3.63) is 182 Å². The molecule has 0 aliphatic rings. The Morgan fingerprint density at radius 2 is 0.864 bits per heavy atom. The number of nitrogens with zero attached hydrogens (tertiary/aromatic N) is 4. The first-order valence-corrected chi connectivity index (χ1v) is 20.0. The van der Waals surface area contributed by atoms with Gasteiger partial charge in [-0.15, -0.1) is 0 Å². The average Bonchev–Trinajstić information content (AvgIpc) is 3.99. The molecule has 12 rings (SSSR count). The minimum atomic E-state index is 0.536. The van der Waals surface area contributed by atoms with Gasteiger partial charge < -0.3 is 8.83 Å². The summed E-state index contributed by atoms with van der Waals surface area (Å²) in [6.07, 6.45) is 0. The van der Waals surface area contributed by atoms with Crippen molar-refractivity contribution >= 4 is 65.7 Å². The largest absolute Gasteiger partial charge is 0.456 e. The number of para-hydroxylation sites is 4. The van der Waals surface area contributed by atoms with E-state index in [4.69, 9.17) is 23.8 Å². The summed E-state index contributed by atoms with van der Waals surface area (Å²) in [5.41, 5.74) is 11.5. The zero-order chi connectivity index (χ0) is 39.5. The zero-order valence-electron chi connectivity index (χ0n) is 32.4. The molecule has 6 nitrogen and oxygen atoms in total. The first kappa shape index (κ1) is 34.4. The summed E-state index contributed by atoms with van der Waals surface area (Å²) in [7, 11) is 0. The standard InChI is InChI=1S/C51H30N4O2.C2H6/c1-2-12-31(13-3-1)49-52-50(35-25-27-41-39-18-6-9-23-45(39)57-47(41)30-35)54-51(53-49)55-43-21-7-4-16-37(43)42-20-11-19-36(48(42)55)34-15-10-14-32(28-34)33-24-26-40-38-17-5-8-22-44(38)56-46(40)29-33;1-2/h1-30H;1-2H3. The van der Waals surface area contributed by atoms with E-state index >= 15 is 0 Å². The van der Waals surface area contributed by atoms with Crippen LogP contribution in [0, 0.1) is 0 Å². The lowest BCUT2D eigenvalue weighted by atomic mass is 9.97. The molecule has 0 aliphatic carbocycles. The summed E-state index contributed by atoms with van der Waals surface area (Å²) in [5.74, 6) is 1.69. The van der Waals surface area contributed by atoms with E-state index in [-0.39, 0.29) is 0 Å². The molecule has 280 valence electrons. The lowest BCUT2D eigenvalue weighted by molar-refractivity contribution is 0.668. The maximum Gasteiger partial charge on any atom is 0.238 e.